The second kappa shape index (κ2) is 9.07. The summed E-state index contributed by atoms with van der Waals surface area (Å²) >= 11 is 12.2. The monoisotopic (exact) mass is 467 g/mol. The molecule has 0 bridgehead atoms. The fraction of sp³-hybridized carbons (Fsp3) is 0.120. The van der Waals surface area contributed by atoms with Crippen molar-refractivity contribution < 1.29 is 19.4 Å². The number of amides is 1. The minimum atomic E-state index is -0.833. The van der Waals surface area contributed by atoms with Crippen molar-refractivity contribution in [1.29, 1.82) is 0 Å². The van der Waals surface area contributed by atoms with E-state index in [1.807, 2.05) is 13.0 Å². The van der Waals surface area contributed by atoms with E-state index in [9.17, 15) is 14.7 Å². The number of ketones is 1. The quantitative estimate of drug-likeness (QED) is 0.283. The summed E-state index contributed by atoms with van der Waals surface area (Å²) in [6, 6.07) is 19.5. The summed E-state index contributed by atoms with van der Waals surface area (Å²) < 4.78 is 5.51. The van der Waals surface area contributed by atoms with Gasteiger partial charge in [0.15, 0.2) is 0 Å². The van der Waals surface area contributed by atoms with Gasteiger partial charge in [0.1, 0.15) is 11.5 Å². The Balaban J connectivity index is 1.92. The van der Waals surface area contributed by atoms with E-state index >= 15 is 0 Å². The molecule has 3 aromatic rings. The highest BCUT2D eigenvalue weighted by molar-refractivity contribution is 6.51. The number of carbonyl (C=O) groups is 2. The van der Waals surface area contributed by atoms with Crippen LogP contribution in [0, 0.1) is 0 Å². The lowest BCUT2D eigenvalue weighted by atomic mass is 9.95. The maximum Gasteiger partial charge on any atom is 0.300 e. The third-order valence-electron chi connectivity index (χ3n) is 5.17. The normalized spacial score (nSPS) is 17.6. The van der Waals surface area contributed by atoms with Crippen molar-refractivity contribution in [1.82, 2.24) is 0 Å². The molecule has 0 aliphatic carbocycles. The molecule has 1 aliphatic heterocycles. The second-order valence-electron chi connectivity index (χ2n) is 7.13. The topological polar surface area (TPSA) is 66.8 Å². The van der Waals surface area contributed by atoms with Gasteiger partial charge >= 0.3 is 0 Å². The number of hydrogen-bond acceptors (Lipinski definition) is 4. The largest absolute Gasteiger partial charge is 0.507 e. The Morgan fingerprint density at radius 2 is 1.69 bits per heavy atom. The predicted octanol–water partition coefficient (Wildman–Crippen LogP) is 6.02. The molecule has 5 nitrogen and oxygen atoms in total. The van der Waals surface area contributed by atoms with E-state index in [0.29, 0.717) is 39.2 Å². The Bertz CT molecular complexity index is 1210. The Kier molecular flexibility index (Phi) is 6.21. The zero-order valence-electron chi connectivity index (χ0n) is 17.1. The molecule has 0 aromatic heterocycles. The van der Waals surface area contributed by atoms with Crippen molar-refractivity contribution in [3.8, 4) is 5.75 Å². The first kappa shape index (κ1) is 21.9. The van der Waals surface area contributed by atoms with Crippen LogP contribution in [0.4, 0.5) is 5.69 Å². The summed E-state index contributed by atoms with van der Waals surface area (Å²) in [7, 11) is 0. The molecule has 1 heterocycles. The molecule has 1 unspecified atom stereocenters. The molecule has 0 radical (unpaired) electrons. The van der Waals surface area contributed by atoms with E-state index < -0.39 is 17.7 Å². The van der Waals surface area contributed by atoms with Crippen molar-refractivity contribution in [2.75, 3.05) is 11.5 Å². The molecule has 1 saturated heterocycles. The van der Waals surface area contributed by atoms with E-state index in [2.05, 4.69) is 0 Å². The predicted molar refractivity (Wildman–Crippen MR) is 125 cm³/mol. The van der Waals surface area contributed by atoms with E-state index in [1.165, 1.54) is 4.90 Å². The highest BCUT2D eigenvalue weighted by Gasteiger charge is 2.46. The SMILES string of the molecule is CCOc1cc(/C(O)=C2/C(=O)C(=O)N(c3ccccc3)C2c2ccc(Cl)cc2)ccc1Cl. The third-order valence-corrected chi connectivity index (χ3v) is 5.73. The van der Waals surface area contributed by atoms with E-state index in [4.69, 9.17) is 27.9 Å². The lowest BCUT2D eigenvalue weighted by Gasteiger charge is -2.25. The Hall–Kier alpha value is -3.28. The number of rotatable bonds is 5. The first-order valence-electron chi connectivity index (χ1n) is 9.96. The minimum absolute atomic E-state index is 0.0223. The standard InChI is InChI=1S/C25H19Cl2NO4/c1-2-32-20-14-16(10-13-19(20)27)23(29)21-22(15-8-11-17(26)12-9-15)28(25(31)24(21)30)18-6-4-3-5-7-18/h3-14,22,29H,2H2,1H3/b23-21-. The zero-order valence-corrected chi connectivity index (χ0v) is 18.6. The summed E-state index contributed by atoms with van der Waals surface area (Å²) in [6.45, 7) is 2.20. The smallest absolute Gasteiger partial charge is 0.300 e. The molecule has 1 atom stereocenters. The molecule has 3 aromatic carbocycles. The van der Waals surface area contributed by atoms with Gasteiger partial charge in [-0.3, -0.25) is 14.5 Å². The van der Waals surface area contributed by atoms with Crippen LogP contribution in [0.5, 0.6) is 5.75 Å². The van der Waals surface area contributed by atoms with Crippen molar-refractivity contribution >= 4 is 46.3 Å². The fourth-order valence-electron chi connectivity index (χ4n) is 3.72. The van der Waals surface area contributed by atoms with Crippen LogP contribution >= 0.6 is 23.2 Å². The molecule has 0 saturated carbocycles. The number of anilines is 1. The number of para-hydroxylation sites is 1. The number of carbonyl (C=O) groups excluding carboxylic acids is 2. The summed E-state index contributed by atoms with van der Waals surface area (Å²) in [6.07, 6.45) is 0. The van der Waals surface area contributed by atoms with Gasteiger partial charge < -0.3 is 9.84 Å². The number of halogens is 2. The number of Topliss-reactive ketones (excluding diaryl/α,β-unsaturated/α-hetero) is 1. The van der Waals surface area contributed by atoms with E-state index in [-0.39, 0.29) is 11.3 Å². The van der Waals surface area contributed by atoms with Crippen LogP contribution in [-0.2, 0) is 9.59 Å². The minimum Gasteiger partial charge on any atom is -0.507 e. The van der Waals surface area contributed by atoms with Crippen LogP contribution in [-0.4, -0.2) is 23.4 Å². The number of nitrogens with zero attached hydrogens (tertiary/aromatic N) is 1. The molecule has 7 heteroatoms. The van der Waals surface area contributed by atoms with Crippen LogP contribution < -0.4 is 9.64 Å². The molecule has 0 spiro atoms. The van der Waals surface area contributed by atoms with Crippen molar-refractivity contribution in [3.63, 3.8) is 0 Å². The summed E-state index contributed by atoms with van der Waals surface area (Å²) in [5.74, 6) is -1.44. The molecular formula is C25H19Cl2NO4. The van der Waals surface area contributed by atoms with Crippen LogP contribution in [0.25, 0.3) is 5.76 Å². The Morgan fingerprint density at radius 3 is 2.34 bits per heavy atom. The van der Waals surface area contributed by atoms with Crippen LogP contribution in [0.3, 0.4) is 0 Å². The van der Waals surface area contributed by atoms with Crippen molar-refractivity contribution in [3.05, 3.63) is 99.5 Å². The molecule has 4 rings (SSSR count). The average molecular weight is 468 g/mol. The number of aliphatic hydroxyl groups excluding tert-OH is 1. The zero-order chi connectivity index (χ0) is 22.8. The van der Waals surface area contributed by atoms with Crippen molar-refractivity contribution in [2.45, 2.75) is 13.0 Å². The highest BCUT2D eigenvalue weighted by atomic mass is 35.5. The lowest BCUT2D eigenvalue weighted by molar-refractivity contribution is -0.132. The van der Waals surface area contributed by atoms with Gasteiger partial charge in [0, 0.05) is 16.3 Å². The van der Waals surface area contributed by atoms with Crippen molar-refractivity contribution in [2.24, 2.45) is 0 Å². The van der Waals surface area contributed by atoms with Gasteiger partial charge in [0.2, 0.25) is 0 Å². The van der Waals surface area contributed by atoms with Gasteiger partial charge in [-0.15, -0.1) is 0 Å². The van der Waals surface area contributed by atoms with Gasteiger partial charge in [-0.05, 0) is 55.0 Å². The van der Waals surface area contributed by atoms with E-state index in [0.717, 1.165) is 0 Å². The maximum atomic E-state index is 13.1. The van der Waals surface area contributed by atoms with E-state index in [1.54, 1.807) is 66.7 Å². The highest BCUT2D eigenvalue weighted by Crippen LogP contribution is 2.42. The summed E-state index contributed by atoms with van der Waals surface area (Å²) in [5, 5.41) is 12.1. The van der Waals surface area contributed by atoms with Gasteiger partial charge in [-0.1, -0.05) is 53.5 Å². The molecular weight excluding hydrogens is 449 g/mol. The van der Waals surface area contributed by atoms with Gasteiger partial charge in [-0.25, -0.2) is 0 Å². The number of hydrogen-bond donors (Lipinski definition) is 1. The second-order valence-corrected chi connectivity index (χ2v) is 7.98. The Morgan fingerprint density at radius 1 is 1.00 bits per heavy atom. The lowest BCUT2D eigenvalue weighted by Crippen LogP contribution is -2.29. The molecule has 1 aliphatic rings. The molecule has 32 heavy (non-hydrogen) atoms. The van der Waals surface area contributed by atoms with Gasteiger partial charge in [-0.2, -0.15) is 0 Å². The average Bonchev–Trinajstić information content (AvgIpc) is 3.06. The van der Waals surface area contributed by atoms with Gasteiger partial charge in [0.25, 0.3) is 11.7 Å². The number of benzene rings is 3. The van der Waals surface area contributed by atoms with Crippen LogP contribution in [0.15, 0.2) is 78.4 Å². The number of ether oxygens (including phenoxy) is 1. The third kappa shape index (κ3) is 3.97. The maximum absolute atomic E-state index is 13.1. The Labute approximate surface area is 195 Å². The molecule has 1 N–H and O–H groups in total. The molecule has 1 fully saturated rings. The summed E-state index contributed by atoms with van der Waals surface area (Å²) in [4.78, 5) is 27.6. The van der Waals surface area contributed by atoms with Gasteiger partial charge in [0.05, 0.1) is 23.2 Å². The first-order valence-corrected chi connectivity index (χ1v) is 10.7. The van der Waals surface area contributed by atoms with Crippen LogP contribution in [0.2, 0.25) is 10.0 Å². The number of aliphatic hydroxyl groups is 1. The fourth-order valence-corrected chi connectivity index (χ4v) is 4.02. The van der Waals surface area contributed by atoms with Crippen LogP contribution in [0.1, 0.15) is 24.1 Å². The molecule has 1 amide bonds. The summed E-state index contributed by atoms with van der Waals surface area (Å²) in [5.41, 5.74) is 1.48. The first-order chi connectivity index (χ1) is 15.4. The molecule has 162 valence electrons.